The second-order valence-corrected chi connectivity index (χ2v) is 6.31. The van der Waals surface area contributed by atoms with E-state index in [-0.39, 0.29) is 17.9 Å². The highest BCUT2D eigenvalue weighted by Gasteiger charge is 2.29. The SMILES string of the molecule is COCCOc1ccc(NC(=O)N2CCCC(C(=O)N(C)C)C2)cc1. The van der Waals surface area contributed by atoms with Crippen LogP contribution in [0.25, 0.3) is 0 Å². The molecule has 1 saturated heterocycles. The Hall–Kier alpha value is -2.28. The number of anilines is 1. The van der Waals surface area contributed by atoms with Gasteiger partial charge < -0.3 is 24.6 Å². The number of carbonyl (C=O) groups is 2. The van der Waals surface area contributed by atoms with Gasteiger partial charge in [-0.1, -0.05) is 0 Å². The average molecular weight is 349 g/mol. The van der Waals surface area contributed by atoms with Gasteiger partial charge in [-0.05, 0) is 37.1 Å². The molecule has 0 spiro atoms. The summed E-state index contributed by atoms with van der Waals surface area (Å²) in [5.74, 6) is 0.686. The number of urea groups is 1. The smallest absolute Gasteiger partial charge is 0.321 e. The number of hydrogen-bond donors (Lipinski definition) is 1. The third kappa shape index (κ3) is 5.63. The molecule has 0 bridgehead atoms. The van der Waals surface area contributed by atoms with Gasteiger partial charge in [-0.15, -0.1) is 0 Å². The van der Waals surface area contributed by atoms with Crippen molar-refractivity contribution in [3.8, 4) is 5.75 Å². The van der Waals surface area contributed by atoms with E-state index < -0.39 is 0 Å². The Kier molecular flexibility index (Phi) is 7.06. The Balaban J connectivity index is 1.87. The minimum Gasteiger partial charge on any atom is -0.491 e. The number of nitrogens with one attached hydrogen (secondary N) is 1. The van der Waals surface area contributed by atoms with E-state index >= 15 is 0 Å². The van der Waals surface area contributed by atoms with Crippen molar-refractivity contribution in [2.24, 2.45) is 5.92 Å². The molecule has 25 heavy (non-hydrogen) atoms. The molecular weight excluding hydrogens is 322 g/mol. The van der Waals surface area contributed by atoms with Crippen LogP contribution in [-0.2, 0) is 9.53 Å². The van der Waals surface area contributed by atoms with Crippen molar-refractivity contribution in [1.29, 1.82) is 0 Å². The zero-order chi connectivity index (χ0) is 18.2. The fraction of sp³-hybridized carbons (Fsp3) is 0.556. The number of nitrogens with zero attached hydrogens (tertiary/aromatic N) is 2. The van der Waals surface area contributed by atoms with Gasteiger partial charge in [-0.25, -0.2) is 4.79 Å². The maximum absolute atomic E-state index is 12.4. The molecule has 1 unspecified atom stereocenters. The number of carbonyl (C=O) groups excluding carboxylic acids is 2. The number of piperidine rings is 1. The van der Waals surface area contributed by atoms with Crippen molar-refractivity contribution in [2.45, 2.75) is 12.8 Å². The monoisotopic (exact) mass is 349 g/mol. The Morgan fingerprint density at radius 3 is 2.60 bits per heavy atom. The summed E-state index contributed by atoms with van der Waals surface area (Å²) in [6.07, 6.45) is 1.66. The van der Waals surface area contributed by atoms with Gasteiger partial charge in [0.2, 0.25) is 5.91 Å². The number of hydrogen-bond acceptors (Lipinski definition) is 4. The lowest BCUT2D eigenvalue weighted by Gasteiger charge is -2.33. The lowest BCUT2D eigenvalue weighted by atomic mass is 9.97. The zero-order valence-corrected chi connectivity index (χ0v) is 15.2. The molecule has 1 aliphatic rings. The molecule has 1 fully saturated rings. The predicted molar refractivity (Wildman–Crippen MR) is 95.8 cm³/mol. The number of methoxy groups -OCH3 is 1. The topological polar surface area (TPSA) is 71.1 Å². The average Bonchev–Trinajstić information content (AvgIpc) is 2.62. The maximum atomic E-state index is 12.4. The van der Waals surface area contributed by atoms with E-state index in [4.69, 9.17) is 9.47 Å². The van der Waals surface area contributed by atoms with Gasteiger partial charge >= 0.3 is 6.03 Å². The molecular formula is C18H27N3O4. The molecule has 1 aliphatic heterocycles. The maximum Gasteiger partial charge on any atom is 0.321 e. The molecule has 1 N–H and O–H groups in total. The number of ether oxygens (including phenoxy) is 2. The summed E-state index contributed by atoms with van der Waals surface area (Å²) in [7, 11) is 5.12. The van der Waals surface area contributed by atoms with Crippen LogP contribution in [0.1, 0.15) is 12.8 Å². The van der Waals surface area contributed by atoms with Crippen LogP contribution in [0.5, 0.6) is 5.75 Å². The van der Waals surface area contributed by atoms with Crippen LogP contribution in [0, 0.1) is 5.92 Å². The first kappa shape index (κ1) is 19.1. The summed E-state index contributed by atoms with van der Waals surface area (Å²) in [6.45, 7) is 2.14. The largest absolute Gasteiger partial charge is 0.491 e. The molecule has 0 aromatic heterocycles. The molecule has 7 nitrogen and oxygen atoms in total. The molecule has 1 aromatic rings. The standard InChI is InChI=1S/C18H27N3O4/c1-20(2)17(22)14-5-4-10-21(13-14)18(23)19-15-6-8-16(9-7-15)25-12-11-24-3/h6-9,14H,4-5,10-13H2,1-3H3,(H,19,23). The van der Waals surface area contributed by atoms with E-state index in [2.05, 4.69) is 5.32 Å². The Labute approximate surface area is 148 Å². The van der Waals surface area contributed by atoms with E-state index in [0.29, 0.717) is 32.0 Å². The number of likely N-dealkylation sites (tertiary alicyclic amines) is 1. The van der Waals surface area contributed by atoms with Crippen LogP contribution in [0.15, 0.2) is 24.3 Å². The minimum atomic E-state index is -0.177. The predicted octanol–water partition coefficient (Wildman–Crippen LogP) is 2.04. The highest BCUT2D eigenvalue weighted by atomic mass is 16.5. The van der Waals surface area contributed by atoms with Gasteiger partial charge in [0.25, 0.3) is 0 Å². The van der Waals surface area contributed by atoms with Crippen molar-refractivity contribution in [3.63, 3.8) is 0 Å². The first-order chi connectivity index (χ1) is 12.0. The van der Waals surface area contributed by atoms with E-state index in [9.17, 15) is 9.59 Å². The van der Waals surface area contributed by atoms with Crippen LogP contribution in [0.4, 0.5) is 10.5 Å². The number of benzene rings is 1. The van der Waals surface area contributed by atoms with Gasteiger partial charge in [0.15, 0.2) is 0 Å². The summed E-state index contributed by atoms with van der Waals surface area (Å²) in [4.78, 5) is 27.9. The third-order valence-electron chi connectivity index (χ3n) is 4.16. The van der Waals surface area contributed by atoms with Crippen molar-refractivity contribution < 1.29 is 19.1 Å². The van der Waals surface area contributed by atoms with Gasteiger partial charge in [0.1, 0.15) is 12.4 Å². The first-order valence-corrected chi connectivity index (χ1v) is 8.50. The van der Waals surface area contributed by atoms with Crippen LogP contribution in [-0.4, -0.2) is 69.2 Å². The second kappa shape index (κ2) is 9.27. The van der Waals surface area contributed by atoms with Crippen molar-refractivity contribution in [1.82, 2.24) is 9.80 Å². The van der Waals surface area contributed by atoms with Gasteiger partial charge in [-0.3, -0.25) is 4.79 Å². The minimum absolute atomic E-state index is 0.0788. The van der Waals surface area contributed by atoms with E-state index in [0.717, 1.165) is 18.6 Å². The Bertz CT molecular complexity index is 574. The number of amides is 3. The van der Waals surface area contributed by atoms with E-state index in [1.807, 2.05) is 0 Å². The molecule has 0 aliphatic carbocycles. The first-order valence-electron chi connectivity index (χ1n) is 8.50. The molecule has 138 valence electrons. The highest BCUT2D eigenvalue weighted by Crippen LogP contribution is 2.20. The van der Waals surface area contributed by atoms with Gasteiger partial charge in [-0.2, -0.15) is 0 Å². The van der Waals surface area contributed by atoms with E-state index in [1.165, 1.54) is 0 Å². The van der Waals surface area contributed by atoms with Crippen LogP contribution < -0.4 is 10.1 Å². The molecule has 7 heteroatoms. The van der Waals surface area contributed by atoms with Gasteiger partial charge in [0.05, 0.1) is 12.5 Å². The molecule has 0 saturated carbocycles. The summed E-state index contributed by atoms with van der Waals surface area (Å²) in [6, 6.07) is 7.03. The normalized spacial score (nSPS) is 17.1. The Morgan fingerprint density at radius 2 is 1.96 bits per heavy atom. The molecule has 3 amide bonds. The molecule has 0 radical (unpaired) electrons. The molecule has 1 aromatic carbocycles. The van der Waals surface area contributed by atoms with Crippen LogP contribution in [0.3, 0.4) is 0 Å². The highest BCUT2D eigenvalue weighted by molar-refractivity contribution is 5.90. The van der Waals surface area contributed by atoms with E-state index in [1.54, 1.807) is 55.3 Å². The van der Waals surface area contributed by atoms with Crippen LogP contribution in [0.2, 0.25) is 0 Å². The van der Waals surface area contributed by atoms with Gasteiger partial charge in [0, 0.05) is 40.0 Å². The van der Waals surface area contributed by atoms with Crippen molar-refractivity contribution >= 4 is 17.6 Å². The zero-order valence-electron chi connectivity index (χ0n) is 15.2. The lowest BCUT2D eigenvalue weighted by Crippen LogP contribution is -2.46. The molecule has 1 atom stereocenters. The summed E-state index contributed by atoms with van der Waals surface area (Å²) in [5.41, 5.74) is 0.699. The third-order valence-corrected chi connectivity index (χ3v) is 4.16. The summed E-state index contributed by atoms with van der Waals surface area (Å²) < 4.78 is 10.4. The fourth-order valence-corrected chi connectivity index (χ4v) is 2.81. The summed E-state index contributed by atoms with van der Waals surface area (Å²) in [5, 5.41) is 2.88. The van der Waals surface area contributed by atoms with Crippen molar-refractivity contribution in [3.05, 3.63) is 24.3 Å². The second-order valence-electron chi connectivity index (χ2n) is 6.31. The quantitative estimate of drug-likeness (QED) is 0.798. The molecule has 1 heterocycles. The Morgan fingerprint density at radius 1 is 1.24 bits per heavy atom. The summed E-state index contributed by atoms with van der Waals surface area (Å²) >= 11 is 0. The molecule has 2 rings (SSSR count). The number of rotatable bonds is 6. The van der Waals surface area contributed by atoms with Crippen LogP contribution >= 0.6 is 0 Å². The lowest BCUT2D eigenvalue weighted by molar-refractivity contribution is -0.134. The fourth-order valence-electron chi connectivity index (χ4n) is 2.81. The van der Waals surface area contributed by atoms with Crippen molar-refractivity contribution in [2.75, 3.05) is 52.8 Å².